The second-order valence-corrected chi connectivity index (χ2v) is 12.7. The summed E-state index contributed by atoms with van der Waals surface area (Å²) in [5, 5.41) is 15.2. The summed E-state index contributed by atoms with van der Waals surface area (Å²) in [4.78, 5) is 51.0. The lowest BCUT2D eigenvalue weighted by Gasteiger charge is -2.38. The number of alkyl halides is 1. The standard InChI is InChI=1S/C32H30ClF2N5O5S/c1-3-45-30(43)25-24(37-27(28-36-9-11-46-28)38-26(25)21-7-5-19(34)12-23(21)33)16-39-10-8-32(35)18(14-39)15-40(31(32)44)20-6-4-17(2)22(13-20)29(41)42/h4-7,9,11-13,18,26H,3,8,10,14-16H2,1-2H3,(H,37,38)(H,41,42)/t18-,26-,32+/m0/s1. The van der Waals surface area contributed by atoms with Gasteiger partial charge in [0.05, 0.1) is 17.7 Å². The van der Waals surface area contributed by atoms with Crippen molar-refractivity contribution in [1.82, 2.24) is 15.2 Å². The van der Waals surface area contributed by atoms with Crippen molar-refractivity contribution in [3.8, 4) is 0 Å². The number of aliphatic imine (C=N–C) groups is 1. The molecule has 0 radical (unpaired) electrons. The summed E-state index contributed by atoms with van der Waals surface area (Å²) in [6.07, 6.45) is 1.53. The second kappa shape index (κ2) is 12.5. The number of amidine groups is 1. The molecule has 2 saturated heterocycles. The molecule has 6 rings (SSSR count). The van der Waals surface area contributed by atoms with Crippen molar-refractivity contribution in [1.29, 1.82) is 0 Å². The maximum atomic E-state index is 16.4. The number of likely N-dealkylation sites (tertiary alicyclic amines) is 1. The molecule has 0 aliphatic carbocycles. The number of carbonyl (C=O) groups excluding carboxylic acids is 2. The monoisotopic (exact) mass is 669 g/mol. The van der Waals surface area contributed by atoms with Gasteiger partial charge in [-0.05, 0) is 43.7 Å². The number of nitrogens with zero attached hydrogens (tertiary/aromatic N) is 4. The van der Waals surface area contributed by atoms with Gasteiger partial charge in [-0.15, -0.1) is 11.3 Å². The zero-order valence-corrected chi connectivity index (χ0v) is 26.5. The summed E-state index contributed by atoms with van der Waals surface area (Å²) in [7, 11) is 0. The number of amides is 1. The van der Waals surface area contributed by atoms with E-state index in [0.29, 0.717) is 33.4 Å². The lowest BCUT2D eigenvalue weighted by atomic mass is 9.85. The molecular weight excluding hydrogens is 640 g/mol. The van der Waals surface area contributed by atoms with E-state index in [0.717, 1.165) is 6.07 Å². The molecule has 0 saturated carbocycles. The molecule has 3 atom stereocenters. The highest BCUT2D eigenvalue weighted by Gasteiger charge is 2.57. The summed E-state index contributed by atoms with van der Waals surface area (Å²) < 4.78 is 35.8. The van der Waals surface area contributed by atoms with Crippen LogP contribution in [0.4, 0.5) is 14.5 Å². The van der Waals surface area contributed by atoms with Gasteiger partial charge in [0.25, 0.3) is 5.91 Å². The summed E-state index contributed by atoms with van der Waals surface area (Å²) in [5.74, 6) is -3.32. The number of aromatic nitrogens is 1. The highest BCUT2D eigenvalue weighted by atomic mass is 35.5. The molecule has 2 aromatic carbocycles. The molecule has 10 nitrogen and oxygen atoms in total. The maximum Gasteiger partial charge on any atom is 0.338 e. The van der Waals surface area contributed by atoms with E-state index in [2.05, 4.69) is 10.3 Å². The zero-order chi connectivity index (χ0) is 32.7. The normalized spacial score (nSPS) is 23.2. The molecule has 240 valence electrons. The van der Waals surface area contributed by atoms with Gasteiger partial charge < -0.3 is 20.1 Å². The molecule has 46 heavy (non-hydrogen) atoms. The predicted molar refractivity (Wildman–Crippen MR) is 168 cm³/mol. The predicted octanol–water partition coefficient (Wildman–Crippen LogP) is 4.93. The number of esters is 1. The molecule has 1 amide bonds. The maximum absolute atomic E-state index is 16.4. The minimum atomic E-state index is -2.12. The van der Waals surface area contributed by atoms with Gasteiger partial charge in [-0.3, -0.25) is 14.7 Å². The molecule has 0 spiro atoms. The van der Waals surface area contributed by atoms with Crippen LogP contribution in [0.2, 0.25) is 5.02 Å². The molecular formula is C32H30ClF2N5O5S. The zero-order valence-electron chi connectivity index (χ0n) is 24.9. The van der Waals surface area contributed by atoms with Crippen molar-refractivity contribution in [2.75, 3.05) is 37.7 Å². The van der Waals surface area contributed by atoms with E-state index in [4.69, 9.17) is 21.3 Å². The summed E-state index contributed by atoms with van der Waals surface area (Å²) in [6.45, 7) is 4.04. The number of anilines is 1. The van der Waals surface area contributed by atoms with Gasteiger partial charge in [-0.1, -0.05) is 23.7 Å². The van der Waals surface area contributed by atoms with E-state index in [1.165, 1.54) is 34.4 Å². The first-order valence-electron chi connectivity index (χ1n) is 14.7. The molecule has 0 unspecified atom stereocenters. The van der Waals surface area contributed by atoms with E-state index in [-0.39, 0.29) is 55.4 Å². The van der Waals surface area contributed by atoms with Gasteiger partial charge in [0.1, 0.15) is 11.9 Å². The Kier molecular flexibility index (Phi) is 8.66. The topological polar surface area (TPSA) is 124 Å². The fraction of sp³-hybridized carbons (Fsp3) is 0.344. The number of carboxylic acid groups (broad SMARTS) is 1. The molecule has 1 aromatic heterocycles. The Labute approximate surface area is 272 Å². The number of benzene rings is 2. The van der Waals surface area contributed by atoms with Crippen molar-refractivity contribution in [3.63, 3.8) is 0 Å². The quantitative estimate of drug-likeness (QED) is 0.324. The van der Waals surface area contributed by atoms with Gasteiger partial charge in [0.2, 0.25) is 0 Å². The first-order valence-corrected chi connectivity index (χ1v) is 15.9. The number of fused-ring (bicyclic) bond motifs is 1. The number of halogens is 3. The van der Waals surface area contributed by atoms with Gasteiger partial charge >= 0.3 is 11.9 Å². The average Bonchev–Trinajstić information content (AvgIpc) is 3.64. The highest BCUT2D eigenvalue weighted by Crippen LogP contribution is 2.43. The molecule has 14 heteroatoms. The van der Waals surface area contributed by atoms with E-state index >= 15 is 4.39 Å². The van der Waals surface area contributed by atoms with Gasteiger partial charge in [-0.2, -0.15) is 0 Å². The summed E-state index contributed by atoms with van der Waals surface area (Å²) in [6, 6.07) is 7.56. The number of nitrogens with one attached hydrogen (secondary N) is 1. The fourth-order valence-electron chi connectivity index (χ4n) is 6.25. The highest BCUT2D eigenvalue weighted by molar-refractivity contribution is 7.11. The smallest absolute Gasteiger partial charge is 0.338 e. The molecule has 4 heterocycles. The molecule has 3 aliphatic heterocycles. The minimum Gasteiger partial charge on any atom is -0.478 e. The first kappa shape index (κ1) is 31.8. The van der Waals surface area contributed by atoms with Crippen molar-refractivity contribution >= 4 is 52.3 Å². The Morgan fingerprint density at radius 1 is 1.24 bits per heavy atom. The molecule has 3 aromatic rings. The Hall–Kier alpha value is -4.20. The average molecular weight is 670 g/mol. The van der Waals surface area contributed by atoms with Crippen molar-refractivity contribution < 1.29 is 33.0 Å². The van der Waals surface area contributed by atoms with Crippen molar-refractivity contribution in [3.05, 3.63) is 91.8 Å². The number of hydrogen-bond donors (Lipinski definition) is 2. The van der Waals surface area contributed by atoms with Crippen LogP contribution < -0.4 is 10.2 Å². The number of ether oxygens (including phenoxy) is 1. The van der Waals surface area contributed by atoms with Crippen LogP contribution >= 0.6 is 22.9 Å². The Morgan fingerprint density at radius 3 is 2.74 bits per heavy atom. The van der Waals surface area contributed by atoms with Gasteiger partial charge in [0, 0.05) is 72.1 Å². The number of aromatic carboxylic acids is 1. The minimum absolute atomic E-state index is 0.0463. The number of aryl methyl sites for hydroxylation is 1. The molecule has 0 bridgehead atoms. The van der Waals surface area contributed by atoms with E-state index in [1.54, 1.807) is 37.6 Å². The Morgan fingerprint density at radius 2 is 2.04 bits per heavy atom. The third-order valence-corrected chi connectivity index (χ3v) is 9.69. The van der Waals surface area contributed by atoms with Crippen LogP contribution in [0.15, 0.2) is 64.2 Å². The third-order valence-electron chi connectivity index (χ3n) is 8.58. The van der Waals surface area contributed by atoms with Crippen molar-refractivity contribution in [2.45, 2.75) is 32.0 Å². The van der Waals surface area contributed by atoms with Crippen LogP contribution in [0, 0.1) is 18.7 Å². The van der Waals surface area contributed by atoms with Crippen LogP contribution in [0.5, 0.6) is 0 Å². The lowest BCUT2D eigenvalue weighted by Crippen LogP contribution is -2.52. The second-order valence-electron chi connectivity index (χ2n) is 11.4. The molecule has 2 N–H and O–H groups in total. The Bertz CT molecular complexity index is 1780. The number of carboxylic acids is 1. The summed E-state index contributed by atoms with van der Waals surface area (Å²) >= 11 is 7.81. The largest absolute Gasteiger partial charge is 0.478 e. The van der Waals surface area contributed by atoms with E-state index in [1.807, 2.05) is 4.90 Å². The van der Waals surface area contributed by atoms with Crippen LogP contribution in [0.3, 0.4) is 0 Å². The number of piperidine rings is 1. The molecule has 2 fully saturated rings. The lowest BCUT2D eigenvalue weighted by molar-refractivity contribution is -0.139. The van der Waals surface area contributed by atoms with Gasteiger partial charge in [0.15, 0.2) is 16.5 Å². The van der Waals surface area contributed by atoms with Crippen LogP contribution in [-0.2, 0) is 14.3 Å². The van der Waals surface area contributed by atoms with Crippen LogP contribution in [-0.4, -0.2) is 77.1 Å². The van der Waals surface area contributed by atoms with E-state index < -0.39 is 41.3 Å². The first-order chi connectivity index (χ1) is 22.0. The summed E-state index contributed by atoms with van der Waals surface area (Å²) in [5.41, 5.74) is -0.190. The van der Waals surface area contributed by atoms with E-state index in [9.17, 15) is 23.9 Å². The van der Waals surface area contributed by atoms with Crippen LogP contribution in [0.1, 0.15) is 45.9 Å². The molecule has 3 aliphatic rings. The number of thiazole rings is 1. The fourth-order valence-corrected chi connectivity index (χ4v) is 7.11. The Balaban J connectivity index is 1.33. The number of rotatable bonds is 8. The SMILES string of the molecule is CCOC(=O)C1=C(CN2CC[C@]3(F)C(=O)N(c4ccc(C)c(C(=O)O)c4)C[C@@H]3C2)NC(c2nccs2)=N[C@H]1c1ccc(F)cc1Cl. The number of hydrogen-bond acceptors (Lipinski definition) is 9. The van der Waals surface area contributed by atoms with Crippen LogP contribution in [0.25, 0.3) is 0 Å². The van der Waals surface area contributed by atoms with Crippen molar-refractivity contribution in [2.24, 2.45) is 10.9 Å². The van der Waals surface area contributed by atoms with Gasteiger partial charge in [-0.25, -0.2) is 23.4 Å². The third kappa shape index (κ3) is 5.78. The number of carbonyl (C=O) groups is 3.